The highest BCUT2D eigenvalue weighted by Gasteiger charge is 2.39. The quantitative estimate of drug-likeness (QED) is 0.821. The fraction of sp³-hybridized carbons (Fsp3) is 0.571. The van der Waals surface area contributed by atoms with Gasteiger partial charge in [0.15, 0.2) is 0 Å². The molecule has 3 nitrogen and oxygen atoms in total. The Morgan fingerprint density at radius 2 is 2.22 bits per heavy atom. The van der Waals surface area contributed by atoms with Crippen molar-refractivity contribution in [1.82, 2.24) is 4.98 Å². The van der Waals surface area contributed by atoms with E-state index in [-0.39, 0.29) is 0 Å². The lowest BCUT2D eigenvalue weighted by molar-refractivity contribution is 0.439. The van der Waals surface area contributed by atoms with Crippen molar-refractivity contribution in [3.8, 4) is 0 Å². The molecule has 2 bridgehead atoms. The zero-order chi connectivity index (χ0) is 12.7. The fourth-order valence-electron chi connectivity index (χ4n) is 3.46. The number of nitrogens with two attached hydrogens (primary N) is 1. The van der Waals surface area contributed by atoms with Crippen LogP contribution in [-0.4, -0.2) is 16.0 Å². The van der Waals surface area contributed by atoms with E-state index < -0.39 is 0 Å². The molecule has 0 saturated heterocycles. The number of aromatic nitrogens is 1. The van der Waals surface area contributed by atoms with E-state index in [4.69, 9.17) is 18.0 Å². The Morgan fingerprint density at radius 3 is 2.83 bits per heavy atom. The van der Waals surface area contributed by atoms with Crippen molar-refractivity contribution in [1.29, 1.82) is 0 Å². The molecule has 3 atom stereocenters. The molecule has 0 radical (unpaired) electrons. The summed E-state index contributed by atoms with van der Waals surface area (Å²) in [6.45, 7) is 2.00. The minimum atomic E-state index is 0.424. The molecule has 4 heteroatoms. The first kappa shape index (κ1) is 11.9. The second-order valence-electron chi connectivity index (χ2n) is 5.64. The van der Waals surface area contributed by atoms with Crippen molar-refractivity contribution < 1.29 is 0 Å². The molecule has 0 aliphatic heterocycles. The van der Waals surface area contributed by atoms with Gasteiger partial charge in [-0.2, -0.15) is 0 Å². The number of fused-ring (bicyclic) bond motifs is 2. The molecule has 2 fully saturated rings. The van der Waals surface area contributed by atoms with Crippen LogP contribution in [0.25, 0.3) is 0 Å². The molecule has 2 aliphatic rings. The van der Waals surface area contributed by atoms with E-state index in [2.05, 4.69) is 10.3 Å². The molecule has 3 unspecified atom stereocenters. The molecule has 0 spiro atoms. The highest BCUT2D eigenvalue weighted by molar-refractivity contribution is 7.80. The Labute approximate surface area is 113 Å². The standard InChI is InChI=1S/C14H19N3S/c1-8-2-5-11(13(15)18)14(16-8)17-12-7-9-3-4-10(12)6-9/h2,5,9-10,12H,3-4,6-7H2,1H3,(H2,15,18)(H,16,17). The van der Waals surface area contributed by atoms with Gasteiger partial charge in [-0.1, -0.05) is 18.6 Å². The maximum absolute atomic E-state index is 5.77. The van der Waals surface area contributed by atoms with E-state index in [1.807, 2.05) is 19.1 Å². The molecule has 3 rings (SSSR count). The molecule has 2 saturated carbocycles. The maximum atomic E-state index is 5.77. The summed E-state index contributed by atoms with van der Waals surface area (Å²) in [5.74, 6) is 2.61. The van der Waals surface area contributed by atoms with Gasteiger partial charge in [0.1, 0.15) is 10.8 Å². The van der Waals surface area contributed by atoms with Crippen LogP contribution < -0.4 is 11.1 Å². The van der Waals surface area contributed by atoms with Crippen molar-refractivity contribution in [3.63, 3.8) is 0 Å². The van der Waals surface area contributed by atoms with Gasteiger partial charge in [-0.15, -0.1) is 0 Å². The molecular weight excluding hydrogens is 242 g/mol. The summed E-state index contributed by atoms with van der Waals surface area (Å²) >= 11 is 5.10. The van der Waals surface area contributed by atoms with Gasteiger partial charge in [0, 0.05) is 11.7 Å². The molecule has 1 heterocycles. The number of rotatable bonds is 3. The van der Waals surface area contributed by atoms with Crippen molar-refractivity contribution >= 4 is 23.0 Å². The third-order valence-electron chi connectivity index (χ3n) is 4.36. The average Bonchev–Trinajstić information content (AvgIpc) is 2.90. The van der Waals surface area contributed by atoms with Crippen molar-refractivity contribution in [2.24, 2.45) is 17.6 Å². The molecular formula is C14H19N3S. The van der Waals surface area contributed by atoms with E-state index in [0.717, 1.165) is 28.9 Å². The number of thiocarbonyl (C=S) groups is 1. The van der Waals surface area contributed by atoms with Crippen LogP contribution in [0.5, 0.6) is 0 Å². The Kier molecular flexibility index (Phi) is 2.98. The molecule has 96 valence electrons. The number of hydrogen-bond acceptors (Lipinski definition) is 3. The SMILES string of the molecule is Cc1ccc(C(N)=S)c(NC2CC3CCC2C3)n1. The van der Waals surface area contributed by atoms with E-state index in [0.29, 0.717) is 11.0 Å². The lowest BCUT2D eigenvalue weighted by Gasteiger charge is -2.24. The van der Waals surface area contributed by atoms with Gasteiger partial charge < -0.3 is 11.1 Å². The Hall–Kier alpha value is -1.16. The second-order valence-corrected chi connectivity index (χ2v) is 6.08. The van der Waals surface area contributed by atoms with Gasteiger partial charge in [-0.3, -0.25) is 0 Å². The smallest absolute Gasteiger partial charge is 0.136 e. The molecule has 3 N–H and O–H groups in total. The number of aryl methyl sites for hydroxylation is 1. The molecule has 18 heavy (non-hydrogen) atoms. The van der Waals surface area contributed by atoms with Crippen LogP contribution in [0.15, 0.2) is 12.1 Å². The van der Waals surface area contributed by atoms with E-state index >= 15 is 0 Å². The summed E-state index contributed by atoms with van der Waals surface area (Å²) in [4.78, 5) is 4.99. The first-order valence-electron chi connectivity index (χ1n) is 6.67. The lowest BCUT2D eigenvalue weighted by Crippen LogP contribution is -2.28. The lowest BCUT2D eigenvalue weighted by atomic mass is 9.95. The Bertz CT molecular complexity index is 486. The molecule has 1 aromatic heterocycles. The number of hydrogen-bond donors (Lipinski definition) is 2. The number of pyridine rings is 1. The van der Waals surface area contributed by atoms with Gasteiger partial charge in [0.25, 0.3) is 0 Å². The van der Waals surface area contributed by atoms with Gasteiger partial charge in [0.2, 0.25) is 0 Å². The van der Waals surface area contributed by atoms with Crippen molar-refractivity contribution in [3.05, 3.63) is 23.4 Å². The normalized spacial score (nSPS) is 29.5. The number of nitrogens with one attached hydrogen (secondary N) is 1. The van der Waals surface area contributed by atoms with Gasteiger partial charge in [0.05, 0.1) is 5.56 Å². The van der Waals surface area contributed by atoms with Crippen LogP contribution in [0.3, 0.4) is 0 Å². The number of anilines is 1. The third-order valence-corrected chi connectivity index (χ3v) is 4.58. The van der Waals surface area contributed by atoms with Crippen LogP contribution >= 0.6 is 12.2 Å². The molecule has 1 aromatic rings. The predicted octanol–water partition coefficient (Wildman–Crippen LogP) is 2.62. The molecule has 2 aliphatic carbocycles. The highest BCUT2D eigenvalue weighted by atomic mass is 32.1. The summed E-state index contributed by atoms with van der Waals surface area (Å²) in [7, 11) is 0. The zero-order valence-electron chi connectivity index (χ0n) is 10.6. The van der Waals surface area contributed by atoms with E-state index in [9.17, 15) is 0 Å². The van der Waals surface area contributed by atoms with Crippen LogP contribution in [0.1, 0.15) is 36.9 Å². The summed E-state index contributed by atoms with van der Waals surface area (Å²) in [6, 6.07) is 4.49. The van der Waals surface area contributed by atoms with Crippen LogP contribution in [0.4, 0.5) is 5.82 Å². The Balaban J connectivity index is 1.83. The van der Waals surface area contributed by atoms with Crippen LogP contribution in [0.2, 0.25) is 0 Å². The van der Waals surface area contributed by atoms with Crippen molar-refractivity contribution in [2.45, 2.75) is 38.6 Å². The van der Waals surface area contributed by atoms with Crippen LogP contribution in [0, 0.1) is 18.8 Å². The monoisotopic (exact) mass is 261 g/mol. The summed E-state index contributed by atoms with van der Waals surface area (Å²) in [5, 5.41) is 3.58. The predicted molar refractivity (Wildman–Crippen MR) is 77.7 cm³/mol. The summed E-state index contributed by atoms with van der Waals surface area (Å²) < 4.78 is 0. The topological polar surface area (TPSA) is 50.9 Å². The minimum absolute atomic E-state index is 0.424. The minimum Gasteiger partial charge on any atom is -0.389 e. The van der Waals surface area contributed by atoms with Crippen LogP contribution in [-0.2, 0) is 0 Å². The van der Waals surface area contributed by atoms with Crippen molar-refractivity contribution in [2.75, 3.05) is 5.32 Å². The van der Waals surface area contributed by atoms with Gasteiger partial charge >= 0.3 is 0 Å². The van der Waals surface area contributed by atoms with Gasteiger partial charge in [-0.25, -0.2) is 4.98 Å². The van der Waals surface area contributed by atoms with E-state index in [1.54, 1.807) is 0 Å². The summed E-state index contributed by atoms with van der Waals surface area (Å²) in [5.41, 5.74) is 7.64. The molecule has 0 aromatic carbocycles. The summed E-state index contributed by atoms with van der Waals surface area (Å²) in [6.07, 6.45) is 5.42. The fourth-order valence-corrected chi connectivity index (χ4v) is 3.63. The van der Waals surface area contributed by atoms with E-state index in [1.165, 1.54) is 25.7 Å². The van der Waals surface area contributed by atoms with Gasteiger partial charge in [-0.05, 0) is 50.2 Å². The average molecular weight is 261 g/mol. The largest absolute Gasteiger partial charge is 0.389 e. The second kappa shape index (κ2) is 4.50. The Morgan fingerprint density at radius 1 is 1.39 bits per heavy atom. The highest BCUT2D eigenvalue weighted by Crippen LogP contribution is 2.45. The first-order chi connectivity index (χ1) is 8.63. The first-order valence-corrected chi connectivity index (χ1v) is 7.08. The molecule has 0 amide bonds. The maximum Gasteiger partial charge on any atom is 0.136 e. The number of nitrogens with zero attached hydrogens (tertiary/aromatic N) is 1. The third kappa shape index (κ3) is 2.09. The zero-order valence-corrected chi connectivity index (χ0v) is 11.5.